The van der Waals surface area contributed by atoms with Crippen LogP contribution in [0.15, 0.2) is 71.5 Å². The summed E-state index contributed by atoms with van der Waals surface area (Å²) in [5, 5.41) is 6.03. The average Bonchev–Trinajstić information content (AvgIpc) is 2.61. The Labute approximate surface area is 138 Å². The Hall–Kier alpha value is -3.13. The number of benzene rings is 4. The first-order chi connectivity index (χ1) is 11.7. The van der Waals surface area contributed by atoms with Gasteiger partial charge in [-0.25, -0.2) is 0 Å². The third-order valence-electron chi connectivity index (χ3n) is 4.84. The van der Waals surface area contributed by atoms with Crippen molar-refractivity contribution >= 4 is 43.4 Å². The second-order valence-corrected chi connectivity index (χ2v) is 6.37. The maximum absolute atomic E-state index is 13.2. The molecule has 1 aromatic heterocycles. The lowest BCUT2D eigenvalue weighted by Gasteiger charge is -2.09. The fourth-order valence-corrected chi connectivity index (χ4v) is 3.67. The molecule has 5 aromatic rings. The summed E-state index contributed by atoms with van der Waals surface area (Å²) in [6.45, 7) is 2.01. The van der Waals surface area contributed by atoms with E-state index >= 15 is 0 Å². The minimum atomic E-state index is 0.100. The van der Waals surface area contributed by atoms with Gasteiger partial charge in [0.1, 0.15) is 0 Å². The lowest BCUT2D eigenvalue weighted by Crippen LogP contribution is -2.05. The van der Waals surface area contributed by atoms with Gasteiger partial charge in [-0.15, -0.1) is 0 Å². The van der Waals surface area contributed by atoms with E-state index in [4.69, 9.17) is 0 Å². The van der Waals surface area contributed by atoms with Crippen LogP contribution in [0.2, 0.25) is 0 Å². The van der Waals surface area contributed by atoms with Crippen LogP contribution in [0.5, 0.6) is 0 Å². The molecule has 0 amide bonds. The summed E-state index contributed by atoms with van der Waals surface area (Å²) in [6, 6.07) is 22.6. The number of aryl methyl sites for hydroxylation is 1. The van der Waals surface area contributed by atoms with E-state index < -0.39 is 0 Å². The van der Waals surface area contributed by atoms with E-state index in [1.807, 2.05) is 43.3 Å². The number of fused-ring (bicyclic) bond motifs is 6. The fourth-order valence-electron chi connectivity index (χ4n) is 3.67. The largest absolute Gasteiger partial charge is 0.354 e. The Morgan fingerprint density at radius 1 is 0.708 bits per heavy atom. The summed E-state index contributed by atoms with van der Waals surface area (Å²) >= 11 is 0. The van der Waals surface area contributed by atoms with Crippen LogP contribution >= 0.6 is 0 Å². The van der Waals surface area contributed by atoms with E-state index in [9.17, 15) is 4.79 Å². The molecule has 114 valence electrons. The number of H-pyrrole nitrogens is 1. The molecule has 2 nitrogen and oxygen atoms in total. The van der Waals surface area contributed by atoms with Crippen molar-refractivity contribution in [2.24, 2.45) is 0 Å². The van der Waals surface area contributed by atoms with Crippen LogP contribution in [0, 0.1) is 6.92 Å². The molecule has 0 aliphatic heterocycles. The minimum Gasteiger partial charge on any atom is -0.354 e. The highest BCUT2D eigenvalue weighted by Crippen LogP contribution is 2.30. The first-order valence-electron chi connectivity index (χ1n) is 8.09. The van der Waals surface area contributed by atoms with Gasteiger partial charge in [0.15, 0.2) is 5.43 Å². The van der Waals surface area contributed by atoms with Gasteiger partial charge in [0, 0.05) is 10.9 Å². The molecule has 5 rings (SSSR count). The third-order valence-corrected chi connectivity index (χ3v) is 4.84. The summed E-state index contributed by atoms with van der Waals surface area (Å²) in [6.07, 6.45) is 0. The van der Waals surface area contributed by atoms with Gasteiger partial charge in [0.25, 0.3) is 0 Å². The molecule has 0 radical (unpaired) electrons. The zero-order valence-electron chi connectivity index (χ0n) is 13.3. The van der Waals surface area contributed by atoms with Gasteiger partial charge in [0.05, 0.1) is 10.9 Å². The summed E-state index contributed by atoms with van der Waals surface area (Å²) in [5.41, 5.74) is 2.97. The lowest BCUT2D eigenvalue weighted by molar-refractivity contribution is 1.44. The van der Waals surface area contributed by atoms with Crippen molar-refractivity contribution in [2.45, 2.75) is 6.92 Å². The van der Waals surface area contributed by atoms with Crippen LogP contribution in [0.4, 0.5) is 0 Å². The fraction of sp³-hybridized carbons (Fsp3) is 0.0455. The van der Waals surface area contributed by atoms with E-state index in [1.54, 1.807) is 0 Å². The van der Waals surface area contributed by atoms with E-state index in [0.717, 1.165) is 38.1 Å². The van der Waals surface area contributed by atoms with Crippen LogP contribution in [0.1, 0.15) is 5.56 Å². The predicted molar refractivity (Wildman–Crippen MR) is 102 cm³/mol. The van der Waals surface area contributed by atoms with Gasteiger partial charge >= 0.3 is 0 Å². The molecule has 0 aliphatic rings. The molecule has 0 fully saturated rings. The first-order valence-corrected chi connectivity index (χ1v) is 8.09. The molecule has 0 unspecified atom stereocenters. The number of nitrogens with one attached hydrogen (secondary N) is 1. The summed E-state index contributed by atoms with van der Waals surface area (Å²) in [7, 11) is 0. The van der Waals surface area contributed by atoms with E-state index in [0.29, 0.717) is 0 Å². The minimum absolute atomic E-state index is 0.100. The zero-order chi connectivity index (χ0) is 16.3. The van der Waals surface area contributed by atoms with Gasteiger partial charge in [-0.3, -0.25) is 4.79 Å². The normalized spacial score (nSPS) is 11.7. The molecule has 0 atom stereocenters. The van der Waals surface area contributed by atoms with Gasteiger partial charge in [-0.05, 0) is 46.7 Å². The number of rotatable bonds is 0. The van der Waals surface area contributed by atoms with Crippen LogP contribution in [-0.4, -0.2) is 4.98 Å². The highest BCUT2D eigenvalue weighted by atomic mass is 16.1. The number of pyridine rings is 1. The van der Waals surface area contributed by atoms with Crippen molar-refractivity contribution in [2.75, 3.05) is 0 Å². The second kappa shape index (κ2) is 4.68. The van der Waals surface area contributed by atoms with Crippen molar-refractivity contribution in [3.63, 3.8) is 0 Å². The van der Waals surface area contributed by atoms with Crippen molar-refractivity contribution in [1.82, 2.24) is 4.98 Å². The summed E-state index contributed by atoms with van der Waals surface area (Å²) < 4.78 is 0. The molecule has 2 heteroatoms. The smallest absolute Gasteiger partial charge is 0.197 e. The molecule has 0 saturated carbocycles. The monoisotopic (exact) mass is 309 g/mol. The third kappa shape index (κ3) is 1.74. The first kappa shape index (κ1) is 13.3. The van der Waals surface area contributed by atoms with Crippen molar-refractivity contribution in [3.8, 4) is 0 Å². The van der Waals surface area contributed by atoms with Crippen molar-refractivity contribution in [3.05, 3.63) is 82.5 Å². The van der Waals surface area contributed by atoms with Crippen molar-refractivity contribution in [1.29, 1.82) is 0 Å². The molecular formula is C22H15NO. The summed E-state index contributed by atoms with van der Waals surface area (Å²) in [4.78, 5) is 16.6. The quantitative estimate of drug-likeness (QED) is 0.306. The molecule has 24 heavy (non-hydrogen) atoms. The zero-order valence-corrected chi connectivity index (χ0v) is 13.3. The topological polar surface area (TPSA) is 32.9 Å². The lowest BCUT2D eigenvalue weighted by atomic mass is 9.97. The van der Waals surface area contributed by atoms with Gasteiger partial charge in [0.2, 0.25) is 0 Å². The molecule has 0 saturated heterocycles. The number of aromatic nitrogens is 1. The number of hydrogen-bond acceptors (Lipinski definition) is 1. The van der Waals surface area contributed by atoms with Crippen LogP contribution in [-0.2, 0) is 0 Å². The molecule has 1 N–H and O–H groups in total. The Morgan fingerprint density at radius 3 is 2.42 bits per heavy atom. The Kier molecular flexibility index (Phi) is 2.60. The molecule has 0 bridgehead atoms. The Balaban J connectivity index is 2.07. The highest BCUT2D eigenvalue weighted by Gasteiger charge is 2.10. The maximum Gasteiger partial charge on any atom is 0.197 e. The Morgan fingerprint density at radius 2 is 1.50 bits per heavy atom. The molecule has 4 aromatic carbocycles. The van der Waals surface area contributed by atoms with E-state index in [2.05, 4.69) is 35.3 Å². The van der Waals surface area contributed by atoms with Gasteiger partial charge in [-0.1, -0.05) is 54.1 Å². The average molecular weight is 309 g/mol. The van der Waals surface area contributed by atoms with Crippen molar-refractivity contribution < 1.29 is 0 Å². The number of aromatic amines is 1. The maximum atomic E-state index is 13.2. The van der Waals surface area contributed by atoms with Crippen LogP contribution in [0.25, 0.3) is 43.4 Å². The highest BCUT2D eigenvalue weighted by molar-refractivity contribution is 6.17. The van der Waals surface area contributed by atoms with E-state index in [-0.39, 0.29) is 5.43 Å². The SMILES string of the molecule is Cc1ccc2[nH]c3ccc4c5ccccc5ccc4c3c(=O)c2c1. The predicted octanol–water partition coefficient (Wildman–Crippen LogP) is 5.30. The van der Waals surface area contributed by atoms with Crippen LogP contribution < -0.4 is 5.43 Å². The molecular weight excluding hydrogens is 294 g/mol. The Bertz CT molecular complexity index is 1330. The standard InChI is InChI=1S/C22H15NO/c1-13-6-10-19-18(12-13)22(24)21-17-8-7-14-4-2-3-5-15(14)16(17)9-11-20(21)23-19/h2-12H,1H3,(H,23,24). The molecule has 1 heterocycles. The van der Waals surface area contributed by atoms with Gasteiger partial charge in [-0.2, -0.15) is 0 Å². The van der Waals surface area contributed by atoms with Crippen LogP contribution in [0.3, 0.4) is 0 Å². The molecule has 0 spiro atoms. The van der Waals surface area contributed by atoms with E-state index in [1.165, 1.54) is 10.8 Å². The number of hydrogen-bond donors (Lipinski definition) is 1. The molecule has 0 aliphatic carbocycles. The van der Waals surface area contributed by atoms with Gasteiger partial charge < -0.3 is 4.98 Å². The summed E-state index contributed by atoms with van der Waals surface area (Å²) in [5.74, 6) is 0. The second-order valence-electron chi connectivity index (χ2n) is 6.37.